The molecule has 1 aromatic carbocycles. The highest BCUT2D eigenvalue weighted by Crippen LogP contribution is 2.51. The summed E-state index contributed by atoms with van der Waals surface area (Å²) in [6.45, 7) is 0. The average molecular weight is 271 g/mol. The summed E-state index contributed by atoms with van der Waals surface area (Å²) in [5, 5.41) is 10.7. The van der Waals surface area contributed by atoms with Gasteiger partial charge in [0.15, 0.2) is 0 Å². The first-order valence-electron chi connectivity index (χ1n) is 7.43. The highest BCUT2D eigenvalue weighted by Gasteiger charge is 2.41. The van der Waals surface area contributed by atoms with E-state index in [9.17, 15) is 9.50 Å². The van der Waals surface area contributed by atoms with E-state index < -0.39 is 0 Å². The summed E-state index contributed by atoms with van der Waals surface area (Å²) in [6.07, 6.45) is 5.86. The fraction of sp³-hybridized carbons (Fsp3) is 0.471. The lowest BCUT2D eigenvalue weighted by atomic mass is 9.92. The largest absolute Gasteiger partial charge is 0.393 e. The van der Waals surface area contributed by atoms with Crippen LogP contribution in [0.5, 0.6) is 0 Å². The molecule has 3 heteroatoms. The first-order valence-corrected chi connectivity index (χ1v) is 7.43. The Labute approximate surface area is 117 Å². The number of rotatable bonds is 1. The number of hydrogen-bond acceptors (Lipinski definition) is 2. The molecule has 0 radical (unpaired) electrons. The molecule has 2 fully saturated rings. The van der Waals surface area contributed by atoms with Crippen molar-refractivity contribution >= 4 is 10.9 Å². The molecule has 104 valence electrons. The molecule has 20 heavy (non-hydrogen) atoms. The average Bonchev–Trinajstić information content (AvgIpc) is 2.95. The number of nitrogens with zero attached hydrogens (tertiary/aromatic N) is 1. The first-order chi connectivity index (χ1) is 9.70. The lowest BCUT2D eigenvalue weighted by Gasteiger charge is -2.15. The van der Waals surface area contributed by atoms with Crippen LogP contribution in [0.15, 0.2) is 30.5 Å². The van der Waals surface area contributed by atoms with Crippen LogP contribution < -0.4 is 0 Å². The summed E-state index contributed by atoms with van der Waals surface area (Å²) in [4.78, 5) is 4.33. The maximum Gasteiger partial charge on any atom is 0.123 e. The van der Waals surface area contributed by atoms with Crippen molar-refractivity contribution < 1.29 is 9.50 Å². The van der Waals surface area contributed by atoms with Crippen molar-refractivity contribution in [3.8, 4) is 0 Å². The maximum absolute atomic E-state index is 13.5. The Balaban J connectivity index is 1.71. The number of aliphatic hydroxyl groups is 1. The van der Waals surface area contributed by atoms with Gasteiger partial charge in [-0.25, -0.2) is 4.39 Å². The Morgan fingerprint density at radius 2 is 1.80 bits per heavy atom. The molecule has 2 aromatic rings. The van der Waals surface area contributed by atoms with Gasteiger partial charge in [-0.3, -0.25) is 4.98 Å². The maximum atomic E-state index is 13.5. The van der Waals surface area contributed by atoms with E-state index >= 15 is 0 Å². The molecule has 1 aromatic heterocycles. The topological polar surface area (TPSA) is 33.1 Å². The van der Waals surface area contributed by atoms with Gasteiger partial charge < -0.3 is 5.11 Å². The number of benzene rings is 1. The lowest BCUT2D eigenvalue weighted by molar-refractivity contribution is 0.171. The Kier molecular flexibility index (Phi) is 2.77. The van der Waals surface area contributed by atoms with Gasteiger partial charge in [-0.2, -0.15) is 0 Å². The minimum atomic E-state index is -0.194. The van der Waals surface area contributed by atoms with Crippen molar-refractivity contribution in [3.63, 3.8) is 0 Å². The van der Waals surface area contributed by atoms with Crippen LogP contribution in [0.3, 0.4) is 0 Å². The summed E-state index contributed by atoms with van der Waals surface area (Å²) in [5.74, 6) is 1.59. The molecule has 2 aliphatic rings. The van der Waals surface area contributed by atoms with Gasteiger partial charge in [0.2, 0.25) is 0 Å². The van der Waals surface area contributed by atoms with Crippen LogP contribution >= 0.6 is 0 Å². The second kappa shape index (κ2) is 4.52. The van der Waals surface area contributed by atoms with E-state index in [4.69, 9.17) is 0 Å². The summed E-state index contributed by atoms with van der Waals surface area (Å²) in [5.41, 5.74) is 2.11. The van der Waals surface area contributed by atoms with Crippen molar-refractivity contribution in [3.05, 3.63) is 41.8 Å². The van der Waals surface area contributed by atoms with E-state index in [1.54, 1.807) is 12.1 Å². The minimum absolute atomic E-state index is 0.0995. The normalized spacial score (nSPS) is 32.7. The molecule has 4 rings (SSSR count). The summed E-state index contributed by atoms with van der Waals surface area (Å²) in [7, 11) is 0. The SMILES string of the molecule is O[C@H]1CC2C[C@H](c3ccnc4ccc(F)cc34)C[C@@H]2C1. The number of pyridine rings is 1. The second-order valence-electron chi connectivity index (χ2n) is 6.38. The van der Waals surface area contributed by atoms with E-state index in [0.29, 0.717) is 17.8 Å². The van der Waals surface area contributed by atoms with Crippen LogP contribution in [0.25, 0.3) is 10.9 Å². The van der Waals surface area contributed by atoms with E-state index in [0.717, 1.165) is 36.6 Å². The molecule has 1 N–H and O–H groups in total. The van der Waals surface area contributed by atoms with Crippen LogP contribution in [0.1, 0.15) is 37.2 Å². The zero-order valence-electron chi connectivity index (χ0n) is 11.3. The zero-order chi connectivity index (χ0) is 13.7. The molecular weight excluding hydrogens is 253 g/mol. The number of aromatic nitrogens is 1. The number of halogens is 1. The fourth-order valence-electron chi connectivity index (χ4n) is 4.33. The van der Waals surface area contributed by atoms with Crippen LogP contribution in [0.2, 0.25) is 0 Å². The van der Waals surface area contributed by atoms with Crippen LogP contribution in [-0.4, -0.2) is 16.2 Å². The number of fused-ring (bicyclic) bond motifs is 2. The van der Waals surface area contributed by atoms with Crippen LogP contribution in [0, 0.1) is 17.7 Å². The molecule has 0 spiro atoms. The van der Waals surface area contributed by atoms with Gasteiger partial charge in [-0.1, -0.05) is 0 Å². The van der Waals surface area contributed by atoms with E-state index in [1.165, 1.54) is 11.6 Å². The summed E-state index contributed by atoms with van der Waals surface area (Å²) < 4.78 is 13.5. The van der Waals surface area contributed by atoms with Crippen molar-refractivity contribution in [2.24, 2.45) is 11.8 Å². The lowest BCUT2D eigenvalue weighted by Crippen LogP contribution is -2.04. The van der Waals surface area contributed by atoms with Gasteiger partial charge in [0.05, 0.1) is 11.6 Å². The van der Waals surface area contributed by atoms with Crippen molar-refractivity contribution in [2.45, 2.75) is 37.7 Å². The molecular formula is C17H18FNO. The Bertz CT molecular complexity index is 642. The standard InChI is InChI=1S/C17H18FNO/c18-13-1-2-17-16(9-13)15(3-4-19-17)12-5-10-7-14(20)8-11(10)6-12/h1-4,9-12,14,20H,5-8H2/t10-,11?,12-,14-/m1/s1. The predicted molar refractivity (Wildman–Crippen MR) is 75.9 cm³/mol. The Morgan fingerprint density at radius 1 is 1.05 bits per heavy atom. The van der Waals surface area contributed by atoms with Crippen molar-refractivity contribution in [1.82, 2.24) is 4.98 Å². The van der Waals surface area contributed by atoms with Crippen molar-refractivity contribution in [1.29, 1.82) is 0 Å². The van der Waals surface area contributed by atoms with E-state index in [-0.39, 0.29) is 11.9 Å². The quantitative estimate of drug-likeness (QED) is 0.859. The van der Waals surface area contributed by atoms with Gasteiger partial charge in [-0.05, 0) is 73.3 Å². The summed E-state index contributed by atoms with van der Waals surface area (Å²) >= 11 is 0. The third-order valence-corrected chi connectivity index (χ3v) is 5.17. The molecule has 0 aliphatic heterocycles. The van der Waals surface area contributed by atoms with Gasteiger partial charge in [0.1, 0.15) is 5.82 Å². The van der Waals surface area contributed by atoms with Crippen LogP contribution in [-0.2, 0) is 0 Å². The van der Waals surface area contributed by atoms with Gasteiger partial charge in [0, 0.05) is 11.6 Å². The van der Waals surface area contributed by atoms with Crippen LogP contribution in [0.4, 0.5) is 4.39 Å². The van der Waals surface area contributed by atoms with E-state index in [2.05, 4.69) is 4.98 Å². The van der Waals surface area contributed by atoms with Gasteiger partial charge in [-0.15, -0.1) is 0 Å². The predicted octanol–water partition coefficient (Wildman–Crippen LogP) is 3.64. The molecule has 1 heterocycles. The first kappa shape index (κ1) is 12.3. The number of hydrogen-bond donors (Lipinski definition) is 1. The molecule has 2 aliphatic carbocycles. The second-order valence-corrected chi connectivity index (χ2v) is 6.38. The third-order valence-electron chi connectivity index (χ3n) is 5.17. The van der Waals surface area contributed by atoms with Gasteiger partial charge >= 0.3 is 0 Å². The highest BCUT2D eigenvalue weighted by molar-refractivity contribution is 5.82. The smallest absolute Gasteiger partial charge is 0.123 e. The van der Waals surface area contributed by atoms with Crippen molar-refractivity contribution in [2.75, 3.05) is 0 Å². The number of aliphatic hydroxyl groups excluding tert-OH is 1. The Hall–Kier alpha value is -1.48. The monoisotopic (exact) mass is 271 g/mol. The van der Waals surface area contributed by atoms with Gasteiger partial charge in [0.25, 0.3) is 0 Å². The minimum Gasteiger partial charge on any atom is -0.393 e. The van der Waals surface area contributed by atoms with E-state index in [1.807, 2.05) is 12.3 Å². The fourth-order valence-corrected chi connectivity index (χ4v) is 4.33. The molecule has 1 unspecified atom stereocenters. The molecule has 2 nitrogen and oxygen atoms in total. The molecule has 4 atom stereocenters. The summed E-state index contributed by atoms with van der Waals surface area (Å²) in [6, 6.07) is 6.89. The molecule has 2 saturated carbocycles. The molecule has 0 saturated heterocycles. The molecule has 0 amide bonds. The Morgan fingerprint density at radius 3 is 2.55 bits per heavy atom. The highest BCUT2D eigenvalue weighted by atomic mass is 19.1. The third kappa shape index (κ3) is 1.92. The molecule has 0 bridgehead atoms. The zero-order valence-corrected chi connectivity index (χ0v) is 11.3.